The van der Waals surface area contributed by atoms with Crippen molar-refractivity contribution in [3.63, 3.8) is 0 Å². The average Bonchev–Trinajstić information content (AvgIpc) is 2.74. The number of benzene rings is 1. The van der Waals surface area contributed by atoms with Gasteiger partial charge in [-0.2, -0.15) is 0 Å². The third kappa shape index (κ3) is 2.55. The van der Waals surface area contributed by atoms with Crippen molar-refractivity contribution in [2.45, 2.75) is 11.8 Å². The van der Waals surface area contributed by atoms with Crippen LogP contribution >= 0.6 is 22.9 Å². The normalized spacial score (nSPS) is 12.7. The van der Waals surface area contributed by atoms with Crippen LogP contribution in [0.5, 0.6) is 0 Å². The van der Waals surface area contributed by atoms with Crippen LogP contribution in [0.25, 0.3) is 0 Å². The van der Waals surface area contributed by atoms with Crippen molar-refractivity contribution < 1.29 is 4.39 Å². The van der Waals surface area contributed by atoms with E-state index in [1.54, 1.807) is 23.8 Å². The monoisotopic (exact) mass is 241 g/mol. The van der Waals surface area contributed by atoms with Gasteiger partial charge in [-0.25, -0.2) is 4.39 Å². The Bertz CT molecular complexity index is 430. The van der Waals surface area contributed by atoms with Gasteiger partial charge in [0.15, 0.2) is 0 Å². The second-order valence-corrected chi connectivity index (χ2v) is 4.61. The van der Waals surface area contributed by atoms with Crippen molar-refractivity contribution >= 4 is 22.9 Å². The van der Waals surface area contributed by atoms with Gasteiger partial charge in [-0.05, 0) is 18.1 Å². The van der Waals surface area contributed by atoms with E-state index >= 15 is 0 Å². The molecule has 0 fully saturated rings. The molecule has 1 atom stereocenters. The fraction of sp³-hybridized carbons (Fsp3) is 0.182. The Morgan fingerprint density at radius 2 is 2.20 bits per heavy atom. The minimum Gasteiger partial charge on any atom is -0.253 e. The molecule has 1 nitrogen and oxygen atoms in total. The van der Waals surface area contributed by atoms with E-state index in [1.807, 2.05) is 6.07 Å². The van der Waals surface area contributed by atoms with E-state index in [4.69, 9.17) is 11.6 Å². The number of halogens is 2. The van der Waals surface area contributed by atoms with Crippen LogP contribution in [0.1, 0.15) is 15.8 Å². The summed E-state index contributed by atoms with van der Waals surface area (Å²) in [5.74, 6) is -0.201. The van der Waals surface area contributed by atoms with Gasteiger partial charge in [-0.15, -0.1) is 22.9 Å². The lowest BCUT2D eigenvalue weighted by molar-refractivity contribution is 0.607. The first-order valence-corrected chi connectivity index (χ1v) is 5.85. The smallest absolute Gasteiger partial charge is 0.126 e. The fourth-order valence-electron chi connectivity index (χ4n) is 1.34. The van der Waals surface area contributed by atoms with Gasteiger partial charge in [0.25, 0.3) is 0 Å². The minimum absolute atomic E-state index is 0.200. The molecule has 2 aromatic rings. The van der Waals surface area contributed by atoms with E-state index in [-0.39, 0.29) is 11.2 Å². The van der Waals surface area contributed by atoms with Gasteiger partial charge in [0, 0.05) is 11.1 Å². The zero-order chi connectivity index (χ0) is 10.7. The Morgan fingerprint density at radius 1 is 1.40 bits per heavy atom. The van der Waals surface area contributed by atoms with Crippen molar-refractivity contribution in [1.82, 2.24) is 4.98 Å². The standard InChI is InChI=1S/C11H9ClFNS/c12-9(11-6-14-7-15-11)5-8-3-1-2-4-10(8)13/h1-4,6-7,9H,5H2. The summed E-state index contributed by atoms with van der Waals surface area (Å²) in [6.07, 6.45) is 2.22. The highest BCUT2D eigenvalue weighted by Crippen LogP contribution is 2.28. The maximum absolute atomic E-state index is 13.3. The molecule has 1 unspecified atom stereocenters. The molecule has 0 aliphatic carbocycles. The maximum atomic E-state index is 13.3. The Balaban J connectivity index is 2.13. The van der Waals surface area contributed by atoms with Crippen LogP contribution in [0.4, 0.5) is 4.39 Å². The van der Waals surface area contributed by atoms with Crippen LogP contribution in [0.3, 0.4) is 0 Å². The summed E-state index contributed by atoms with van der Waals surface area (Å²) >= 11 is 7.65. The van der Waals surface area contributed by atoms with Crippen LogP contribution in [-0.2, 0) is 6.42 Å². The summed E-state index contributed by atoms with van der Waals surface area (Å²) in [5, 5.41) is -0.200. The third-order valence-electron chi connectivity index (χ3n) is 2.12. The molecule has 2 rings (SSSR count). The van der Waals surface area contributed by atoms with E-state index in [0.29, 0.717) is 12.0 Å². The molecule has 0 bridgehead atoms. The van der Waals surface area contributed by atoms with Crippen molar-refractivity contribution in [3.05, 3.63) is 52.2 Å². The molecule has 1 aromatic carbocycles. The maximum Gasteiger partial charge on any atom is 0.126 e. The molecular weight excluding hydrogens is 233 g/mol. The quantitative estimate of drug-likeness (QED) is 0.745. The molecule has 0 radical (unpaired) electrons. The molecule has 0 aliphatic rings. The number of nitrogens with zero attached hydrogens (tertiary/aromatic N) is 1. The highest BCUT2D eigenvalue weighted by atomic mass is 35.5. The van der Waals surface area contributed by atoms with Gasteiger partial charge >= 0.3 is 0 Å². The molecule has 1 heterocycles. The zero-order valence-corrected chi connectivity index (χ0v) is 9.43. The lowest BCUT2D eigenvalue weighted by atomic mass is 10.1. The van der Waals surface area contributed by atoms with Gasteiger partial charge in [-0.3, -0.25) is 4.98 Å². The molecular formula is C11H9ClFNS. The summed E-state index contributed by atoms with van der Waals surface area (Å²) in [4.78, 5) is 4.92. The zero-order valence-electron chi connectivity index (χ0n) is 7.86. The van der Waals surface area contributed by atoms with Crippen molar-refractivity contribution in [1.29, 1.82) is 0 Å². The molecule has 0 N–H and O–H groups in total. The fourth-order valence-corrected chi connectivity index (χ4v) is 2.31. The Kier molecular flexibility index (Phi) is 3.34. The van der Waals surface area contributed by atoms with Gasteiger partial charge in [-0.1, -0.05) is 18.2 Å². The van der Waals surface area contributed by atoms with Gasteiger partial charge in [0.1, 0.15) is 5.82 Å². The number of aromatic nitrogens is 1. The Labute approximate surface area is 96.5 Å². The van der Waals surface area contributed by atoms with Crippen LogP contribution in [0.2, 0.25) is 0 Å². The molecule has 15 heavy (non-hydrogen) atoms. The first-order chi connectivity index (χ1) is 7.27. The summed E-state index contributed by atoms with van der Waals surface area (Å²) < 4.78 is 13.3. The number of hydrogen-bond donors (Lipinski definition) is 0. The summed E-state index contributed by atoms with van der Waals surface area (Å²) in [6.45, 7) is 0. The van der Waals surface area contributed by atoms with Gasteiger partial charge in [0.2, 0.25) is 0 Å². The van der Waals surface area contributed by atoms with Crippen LogP contribution in [-0.4, -0.2) is 4.98 Å². The van der Waals surface area contributed by atoms with Crippen molar-refractivity contribution in [2.75, 3.05) is 0 Å². The molecule has 0 aliphatic heterocycles. The number of alkyl halides is 1. The number of thiazole rings is 1. The second kappa shape index (κ2) is 4.73. The number of hydrogen-bond acceptors (Lipinski definition) is 2. The Hall–Kier alpha value is -0.930. The SMILES string of the molecule is Fc1ccccc1CC(Cl)c1cncs1. The molecule has 4 heteroatoms. The molecule has 78 valence electrons. The molecule has 0 spiro atoms. The summed E-state index contributed by atoms with van der Waals surface area (Å²) in [6, 6.07) is 6.70. The topological polar surface area (TPSA) is 12.9 Å². The number of rotatable bonds is 3. The molecule has 0 amide bonds. The predicted molar refractivity (Wildman–Crippen MR) is 60.8 cm³/mol. The summed E-state index contributed by atoms with van der Waals surface area (Å²) in [5.41, 5.74) is 2.37. The largest absolute Gasteiger partial charge is 0.253 e. The first kappa shape index (κ1) is 10.6. The van der Waals surface area contributed by atoms with E-state index < -0.39 is 0 Å². The third-order valence-corrected chi connectivity index (χ3v) is 3.53. The first-order valence-electron chi connectivity index (χ1n) is 4.53. The molecule has 0 saturated heterocycles. The van der Waals surface area contributed by atoms with E-state index in [0.717, 1.165) is 4.88 Å². The van der Waals surface area contributed by atoms with Gasteiger partial charge in [0.05, 0.1) is 10.9 Å². The lowest BCUT2D eigenvalue weighted by Gasteiger charge is -2.07. The van der Waals surface area contributed by atoms with E-state index in [2.05, 4.69) is 4.98 Å². The van der Waals surface area contributed by atoms with Crippen LogP contribution in [0, 0.1) is 5.82 Å². The Morgan fingerprint density at radius 3 is 2.87 bits per heavy atom. The average molecular weight is 242 g/mol. The lowest BCUT2D eigenvalue weighted by Crippen LogP contribution is -1.96. The van der Waals surface area contributed by atoms with Crippen molar-refractivity contribution in [2.24, 2.45) is 0 Å². The van der Waals surface area contributed by atoms with E-state index in [1.165, 1.54) is 17.4 Å². The minimum atomic E-state index is -0.201. The molecule has 0 saturated carbocycles. The van der Waals surface area contributed by atoms with Crippen molar-refractivity contribution in [3.8, 4) is 0 Å². The van der Waals surface area contributed by atoms with Crippen LogP contribution in [0.15, 0.2) is 36.0 Å². The second-order valence-electron chi connectivity index (χ2n) is 3.17. The van der Waals surface area contributed by atoms with Crippen LogP contribution < -0.4 is 0 Å². The van der Waals surface area contributed by atoms with Gasteiger partial charge < -0.3 is 0 Å². The molecule has 1 aromatic heterocycles. The summed E-state index contributed by atoms with van der Waals surface area (Å²) in [7, 11) is 0. The predicted octanol–water partition coefficient (Wildman–Crippen LogP) is 3.80. The highest BCUT2D eigenvalue weighted by Gasteiger charge is 2.12. The van der Waals surface area contributed by atoms with E-state index in [9.17, 15) is 4.39 Å². The highest BCUT2D eigenvalue weighted by molar-refractivity contribution is 7.09.